The van der Waals surface area contributed by atoms with Gasteiger partial charge >= 0.3 is 6.18 Å². The Balaban J connectivity index is 2.87. The van der Waals surface area contributed by atoms with E-state index in [-0.39, 0.29) is 0 Å². The molecule has 0 atom stereocenters. The molecule has 1 rings (SSSR count). The maximum absolute atomic E-state index is 12.4. The molecule has 0 amide bonds. The first-order chi connectivity index (χ1) is 8.47. The zero-order chi connectivity index (χ0) is 13.6. The number of benzene rings is 1. The van der Waals surface area contributed by atoms with Gasteiger partial charge in [-0.25, -0.2) is 0 Å². The molecule has 0 fully saturated rings. The molecule has 0 unspecified atom stereocenters. The van der Waals surface area contributed by atoms with Crippen molar-refractivity contribution >= 4 is 29.6 Å². The van der Waals surface area contributed by atoms with Crippen molar-refractivity contribution in [3.63, 3.8) is 0 Å². The molecule has 5 heteroatoms. The zero-order valence-electron chi connectivity index (χ0n) is 10.3. The summed E-state index contributed by atoms with van der Waals surface area (Å²) in [6.07, 6.45) is -2.33. The van der Waals surface area contributed by atoms with E-state index in [1.165, 1.54) is 12.1 Å². The molecule has 0 spiro atoms. The van der Waals surface area contributed by atoms with Gasteiger partial charge < -0.3 is 0 Å². The summed E-state index contributed by atoms with van der Waals surface area (Å²) in [6, 6.07) is 5.26. The monoisotopic (exact) mass is 292 g/mol. The quantitative estimate of drug-likeness (QED) is 0.702. The topological polar surface area (TPSA) is 0 Å². The first-order valence-electron chi connectivity index (χ1n) is 5.62. The Morgan fingerprint density at radius 2 is 1.56 bits per heavy atom. The average Bonchev–Trinajstić information content (AvgIpc) is 2.29. The molecule has 0 saturated heterocycles. The fourth-order valence-corrected chi connectivity index (χ4v) is 3.36. The third-order valence-corrected chi connectivity index (χ3v) is 4.18. The first-order valence-corrected chi connectivity index (χ1v) is 7.59. The van der Waals surface area contributed by atoms with Crippen molar-refractivity contribution < 1.29 is 13.2 Å². The van der Waals surface area contributed by atoms with Gasteiger partial charge in [-0.2, -0.15) is 13.2 Å². The number of hydrogen-bond donors (Lipinski definition) is 0. The van der Waals surface area contributed by atoms with Gasteiger partial charge in [-0.1, -0.05) is 26.0 Å². The van der Waals surface area contributed by atoms with Gasteiger partial charge in [0.15, 0.2) is 0 Å². The second-order valence-corrected chi connectivity index (χ2v) is 6.32. The second kappa shape index (κ2) is 7.14. The van der Waals surface area contributed by atoms with Gasteiger partial charge in [0.1, 0.15) is 0 Å². The standard InChI is InChI=1S/C13H15F3S2/c1-3-17-12(18-4-2)9-10-5-7-11(8-6-10)13(14,15)16/h5-9H,3-4H2,1-2H3. The van der Waals surface area contributed by atoms with Gasteiger partial charge in [-0.15, -0.1) is 23.5 Å². The van der Waals surface area contributed by atoms with Gasteiger partial charge in [-0.3, -0.25) is 0 Å². The summed E-state index contributed by atoms with van der Waals surface area (Å²) in [6.45, 7) is 4.11. The van der Waals surface area contributed by atoms with E-state index in [9.17, 15) is 13.2 Å². The maximum atomic E-state index is 12.4. The van der Waals surface area contributed by atoms with Crippen LogP contribution in [0.25, 0.3) is 6.08 Å². The fraction of sp³-hybridized carbons (Fsp3) is 0.385. The molecule has 1 aromatic carbocycles. The second-order valence-electron chi connectivity index (χ2n) is 3.45. The van der Waals surface area contributed by atoms with Crippen LogP contribution in [0.2, 0.25) is 0 Å². The predicted molar refractivity (Wildman–Crippen MR) is 75.7 cm³/mol. The molecule has 0 aliphatic heterocycles. The van der Waals surface area contributed by atoms with E-state index in [0.717, 1.165) is 33.4 Å². The van der Waals surface area contributed by atoms with Crippen molar-refractivity contribution in [3.05, 3.63) is 39.6 Å². The molecule has 0 aromatic heterocycles. The first kappa shape index (κ1) is 15.5. The zero-order valence-corrected chi connectivity index (χ0v) is 11.9. The summed E-state index contributed by atoms with van der Waals surface area (Å²) in [7, 11) is 0. The third-order valence-electron chi connectivity index (χ3n) is 2.10. The highest BCUT2D eigenvalue weighted by atomic mass is 32.2. The summed E-state index contributed by atoms with van der Waals surface area (Å²) in [5, 5.41) is 0. The van der Waals surface area contributed by atoms with Gasteiger partial charge in [0.2, 0.25) is 0 Å². The third kappa shape index (κ3) is 4.98. The molecule has 18 heavy (non-hydrogen) atoms. The van der Waals surface area contributed by atoms with E-state index in [4.69, 9.17) is 0 Å². The maximum Gasteiger partial charge on any atom is 0.416 e. The summed E-state index contributed by atoms with van der Waals surface area (Å²) in [5.41, 5.74) is 0.201. The lowest BCUT2D eigenvalue weighted by atomic mass is 10.1. The van der Waals surface area contributed by atoms with Crippen molar-refractivity contribution in [2.75, 3.05) is 11.5 Å². The Kier molecular flexibility index (Phi) is 6.15. The van der Waals surface area contributed by atoms with Crippen LogP contribution in [0.5, 0.6) is 0 Å². The van der Waals surface area contributed by atoms with Gasteiger partial charge in [0.05, 0.1) is 5.56 Å². The molecule has 0 bridgehead atoms. The highest BCUT2D eigenvalue weighted by Crippen LogP contribution is 2.32. The summed E-state index contributed by atoms with van der Waals surface area (Å²) >= 11 is 3.41. The Bertz CT molecular complexity index is 386. The largest absolute Gasteiger partial charge is 0.416 e. The number of halogens is 3. The molecule has 0 aliphatic carbocycles. The molecule has 0 saturated carbocycles. The van der Waals surface area contributed by atoms with Gasteiger partial charge in [0, 0.05) is 4.24 Å². The van der Waals surface area contributed by atoms with Crippen molar-refractivity contribution in [2.24, 2.45) is 0 Å². The van der Waals surface area contributed by atoms with E-state index < -0.39 is 11.7 Å². The molecule has 0 radical (unpaired) electrons. The van der Waals surface area contributed by atoms with Crippen LogP contribution in [0, 0.1) is 0 Å². The minimum absolute atomic E-state index is 0.604. The number of hydrogen-bond acceptors (Lipinski definition) is 2. The van der Waals surface area contributed by atoms with Gasteiger partial charge in [-0.05, 0) is 35.3 Å². The molecule has 0 aliphatic rings. The van der Waals surface area contributed by atoms with Crippen molar-refractivity contribution in [1.82, 2.24) is 0 Å². The van der Waals surface area contributed by atoms with Crippen LogP contribution >= 0.6 is 23.5 Å². The summed E-state index contributed by atoms with van der Waals surface area (Å²) in [5.74, 6) is 1.92. The number of alkyl halides is 3. The lowest BCUT2D eigenvalue weighted by Gasteiger charge is -2.07. The van der Waals surface area contributed by atoms with Crippen LogP contribution in [0.15, 0.2) is 28.5 Å². The predicted octanol–water partition coefficient (Wildman–Crippen LogP) is 5.51. The van der Waals surface area contributed by atoms with Crippen molar-refractivity contribution in [1.29, 1.82) is 0 Å². The van der Waals surface area contributed by atoms with E-state index >= 15 is 0 Å². The summed E-state index contributed by atoms with van der Waals surface area (Å²) < 4.78 is 38.3. The fourth-order valence-electron chi connectivity index (χ4n) is 1.31. The van der Waals surface area contributed by atoms with Crippen LogP contribution in [0.3, 0.4) is 0 Å². The van der Waals surface area contributed by atoms with Crippen LogP contribution in [-0.2, 0) is 6.18 Å². The molecule has 0 heterocycles. The van der Waals surface area contributed by atoms with Crippen LogP contribution in [-0.4, -0.2) is 11.5 Å². The molecular formula is C13H15F3S2. The van der Waals surface area contributed by atoms with E-state index in [1.807, 2.05) is 6.08 Å². The minimum Gasteiger partial charge on any atom is -0.166 e. The molecule has 0 N–H and O–H groups in total. The number of rotatable bonds is 5. The molecule has 100 valence electrons. The molecular weight excluding hydrogens is 277 g/mol. The van der Waals surface area contributed by atoms with Crippen LogP contribution in [0.4, 0.5) is 13.2 Å². The lowest BCUT2D eigenvalue weighted by molar-refractivity contribution is -0.137. The Morgan fingerprint density at radius 3 is 1.94 bits per heavy atom. The Labute approximate surface area is 114 Å². The van der Waals surface area contributed by atoms with Crippen LogP contribution < -0.4 is 0 Å². The molecule has 0 nitrogen and oxygen atoms in total. The Morgan fingerprint density at radius 1 is 1.06 bits per heavy atom. The van der Waals surface area contributed by atoms with Crippen LogP contribution in [0.1, 0.15) is 25.0 Å². The normalized spacial score (nSPS) is 11.4. The van der Waals surface area contributed by atoms with Crippen molar-refractivity contribution in [2.45, 2.75) is 20.0 Å². The van der Waals surface area contributed by atoms with Gasteiger partial charge in [0.25, 0.3) is 0 Å². The average molecular weight is 292 g/mol. The Hall–Kier alpha value is -0.550. The van der Waals surface area contributed by atoms with Crippen molar-refractivity contribution in [3.8, 4) is 0 Å². The SMILES string of the molecule is CCSC(=Cc1ccc(C(F)(F)F)cc1)SCC. The highest BCUT2D eigenvalue weighted by molar-refractivity contribution is 8.22. The summed E-state index contributed by atoms with van der Waals surface area (Å²) in [4.78, 5) is 0. The number of thioether (sulfide) groups is 2. The van der Waals surface area contributed by atoms with E-state index in [2.05, 4.69) is 13.8 Å². The van der Waals surface area contributed by atoms with E-state index in [1.54, 1.807) is 23.5 Å². The van der Waals surface area contributed by atoms with E-state index in [0.29, 0.717) is 0 Å². The highest BCUT2D eigenvalue weighted by Gasteiger charge is 2.29. The molecule has 1 aromatic rings. The lowest BCUT2D eigenvalue weighted by Crippen LogP contribution is -2.03. The minimum atomic E-state index is -4.26. The smallest absolute Gasteiger partial charge is 0.166 e.